The molecule has 0 spiro atoms. The molecule has 0 radical (unpaired) electrons. The van der Waals surface area contributed by atoms with Crippen LogP contribution in [0.4, 0.5) is 10.2 Å². The summed E-state index contributed by atoms with van der Waals surface area (Å²) in [5, 5.41) is 15.5. The van der Waals surface area contributed by atoms with Crippen molar-refractivity contribution in [2.75, 3.05) is 32.0 Å². The molecule has 2 aromatic heterocycles. The average molecular weight is 698 g/mol. The molecule has 4 heterocycles. The first-order valence-electron chi connectivity index (χ1n) is 16.0. The molecule has 242 valence electrons. The van der Waals surface area contributed by atoms with Crippen molar-refractivity contribution in [2.45, 2.75) is 59.2 Å². The number of carbonyl (C=O) groups is 1. The van der Waals surface area contributed by atoms with Crippen LogP contribution in [0.1, 0.15) is 45.6 Å². The number of ether oxygens (including phenoxy) is 2. The third-order valence-corrected chi connectivity index (χ3v) is 17.3. The van der Waals surface area contributed by atoms with Gasteiger partial charge >= 0.3 is 215 Å². The van der Waals surface area contributed by atoms with E-state index in [1.54, 1.807) is 33.8 Å². The Morgan fingerprint density at radius 3 is 2.60 bits per heavy atom. The van der Waals surface area contributed by atoms with Crippen LogP contribution in [-0.2, 0) is 9.53 Å². The van der Waals surface area contributed by atoms with Crippen LogP contribution < -0.4 is 10.5 Å². The Morgan fingerprint density at radius 2 is 1.91 bits per heavy atom. The molecule has 7 rings (SSSR count). The molecule has 1 amide bonds. The van der Waals surface area contributed by atoms with Gasteiger partial charge in [0.05, 0.1) is 0 Å². The molecule has 1 unspecified atom stereocenters. The van der Waals surface area contributed by atoms with Gasteiger partial charge in [-0.2, -0.15) is 0 Å². The average Bonchev–Trinajstić information content (AvgIpc) is 3.81. The maximum absolute atomic E-state index is 15.7. The van der Waals surface area contributed by atoms with Gasteiger partial charge in [-0.15, -0.1) is 0 Å². The molecule has 1 saturated carbocycles. The number of nitrogen functional groups attached to an aromatic ring is 1. The van der Waals surface area contributed by atoms with Crippen molar-refractivity contribution in [3.8, 4) is 28.8 Å². The van der Waals surface area contributed by atoms with Gasteiger partial charge in [-0.1, -0.05) is 18.2 Å². The van der Waals surface area contributed by atoms with E-state index in [2.05, 4.69) is 29.9 Å². The van der Waals surface area contributed by atoms with Gasteiger partial charge in [-0.3, -0.25) is 0 Å². The van der Waals surface area contributed by atoms with Crippen LogP contribution in [0.25, 0.3) is 22.3 Å². The number of amides is 1. The summed E-state index contributed by atoms with van der Waals surface area (Å²) in [7, 11) is 0. The van der Waals surface area contributed by atoms with Crippen molar-refractivity contribution in [1.29, 1.82) is 5.26 Å². The van der Waals surface area contributed by atoms with Gasteiger partial charge in [-0.05, 0) is 18.2 Å². The standard InChI is InChI=1S/C35H37AsFN7O3/c1-35(2,36(23-10-11-23)24-19-46-20-24)16-22(17-38)34(45)43-14-6-7-25(18-43)44-33-30(32(39)40-21-41-33)31(42-44)28-13-12-27(15-29(28)37)47-26-8-4-3-5-9-26/h3-5,8-9,12-13,15-16,21,23-25H,6-7,10-11,14,18-20H2,1-2H3,(H2,39,40,41)/t25-,36?/m0/s1. The second-order valence-corrected chi connectivity index (χ2v) is 20.2. The number of nitrogens with two attached hydrogens (primary N) is 1. The van der Waals surface area contributed by atoms with Crippen LogP contribution in [-0.4, -0.2) is 71.5 Å². The van der Waals surface area contributed by atoms with E-state index in [1.807, 2.05) is 24.3 Å². The number of aromatic nitrogens is 4. The monoisotopic (exact) mass is 697 g/mol. The summed E-state index contributed by atoms with van der Waals surface area (Å²) in [6.45, 7) is 6.89. The van der Waals surface area contributed by atoms with Gasteiger partial charge in [0, 0.05) is 6.07 Å². The van der Waals surface area contributed by atoms with Crippen molar-refractivity contribution in [1.82, 2.24) is 24.6 Å². The van der Waals surface area contributed by atoms with Crippen LogP contribution in [0.3, 0.4) is 0 Å². The number of nitrogens with zero attached hydrogens (tertiary/aromatic N) is 6. The molecular formula is C35H37AsFN7O3. The van der Waals surface area contributed by atoms with E-state index in [-0.39, 0.29) is 33.1 Å². The predicted molar refractivity (Wildman–Crippen MR) is 178 cm³/mol. The third-order valence-electron chi connectivity index (χ3n) is 9.19. The number of halogens is 1. The molecule has 2 aliphatic heterocycles. The molecular weight excluding hydrogens is 660 g/mol. The second-order valence-electron chi connectivity index (χ2n) is 13.0. The maximum atomic E-state index is 15.7. The molecule has 0 bridgehead atoms. The summed E-state index contributed by atoms with van der Waals surface area (Å²) in [5.74, 6) is 0.350. The minimum atomic E-state index is -1.40. The van der Waals surface area contributed by atoms with Gasteiger partial charge in [0.2, 0.25) is 0 Å². The number of carbonyl (C=O) groups excluding carboxylic acids is 1. The predicted octanol–water partition coefficient (Wildman–Crippen LogP) is 6.46. The van der Waals surface area contributed by atoms with Gasteiger partial charge in [0.15, 0.2) is 0 Å². The van der Waals surface area contributed by atoms with Crippen LogP contribution >= 0.6 is 0 Å². The summed E-state index contributed by atoms with van der Waals surface area (Å²) < 4.78 is 29.9. The molecule has 3 aliphatic rings. The second kappa shape index (κ2) is 12.7. The fraction of sp³-hybridized carbons (Fsp3) is 0.400. The number of piperidine rings is 1. The van der Waals surface area contributed by atoms with Crippen molar-refractivity contribution in [3.05, 3.63) is 72.3 Å². The fourth-order valence-corrected chi connectivity index (χ4v) is 15.2. The first kappa shape index (κ1) is 31.3. The van der Waals surface area contributed by atoms with Crippen LogP contribution in [0, 0.1) is 17.1 Å². The van der Waals surface area contributed by atoms with Gasteiger partial charge < -0.3 is 4.74 Å². The summed E-state index contributed by atoms with van der Waals surface area (Å²) in [5.41, 5.74) is 7.56. The number of allylic oxidation sites excluding steroid dienone is 1. The Labute approximate surface area is 277 Å². The van der Waals surface area contributed by atoms with E-state index in [9.17, 15) is 10.1 Å². The summed E-state index contributed by atoms with van der Waals surface area (Å²) in [4.78, 5) is 24.3. The summed E-state index contributed by atoms with van der Waals surface area (Å²) >= 11 is -1.40. The zero-order valence-corrected chi connectivity index (χ0v) is 28.3. The van der Waals surface area contributed by atoms with Crippen LogP contribution in [0.2, 0.25) is 13.6 Å². The molecule has 3 fully saturated rings. The molecule has 2 atom stereocenters. The number of hydrogen-bond acceptors (Lipinski definition) is 8. The number of nitriles is 1. The van der Waals surface area contributed by atoms with Crippen LogP contribution in [0.5, 0.6) is 11.5 Å². The van der Waals surface area contributed by atoms with E-state index >= 15 is 4.39 Å². The van der Waals surface area contributed by atoms with E-state index in [4.69, 9.17) is 20.3 Å². The van der Waals surface area contributed by atoms with E-state index in [1.165, 1.54) is 25.2 Å². The number of rotatable bonds is 9. The summed E-state index contributed by atoms with van der Waals surface area (Å²) in [6, 6.07) is 15.8. The van der Waals surface area contributed by atoms with Gasteiger partial charge in [0.25, 0.3) is 0 Å². The minimum absolute atomic E-state index is 0.175. The van der Waals surface area contributed by atoms with Gasteiger partial charge in [0.1, 0.15) is 11.5 Å². The number of benzene rings is 2. The van der Waals surface area contributed by atoms with Crippen molar-refractivity contribution in [3.63, 3.8) is 0 Å². The topological polar surface area (TPSA) is 132 Å². The molecule has 4 aromatic rings. The van der Waals surface area contributed by atoms with E-state index < -0.39 is 20.5 Å². The normalized spacial score (nSPS) is 19.7. The van der Waals surface area contributed by atoms with Crippen molar-refractivity contribution < 1.29 is 18.7 Å². The Balaban J connectivity index is 1.16. The molecule has 1 aliphatic carbocycles. The first-order valence-corrected chi connectivity index (χ1v) is 19.1. The van der Waals surface area contributed by atoms with Gasteiger partial charge in [-0.25, -0.2) is 4.39 Å². The first-order chi connectivity index (χ1) is 22.7. The molecule has 2 N–H and O–H groups in total. The van der Waals surface area contributed by atoms with E-state index in [0.717, 1.165) is 30.8 Å². The Bertz CT molecular complexity index is 1880. The molecule has 12 heteroatoms. The molecule has 47 heavy (non-hydrogen) atoms. The van der Waals surface area contributed by atoms with Crippen LogP contribution in [0.15, 0.2) is 66.5 Å². The number of para-hydroxylation sites is 1. The Kier molecular flexibility index (Phi) is 8.50. The van der Waals surface area contributed by atoms with Crippen molar-refractivity contribution >= 4 is 37.4 Å². The zero-order chi connectivity index (χ0) is 32.7. The van der Waals surface area contributed by atoms with Crippen molar-refractivity contribution in [2.24, 2.45) is 0 Å². The number of fused-ring (bicyclic) bond motifs is 1. The molecule has 10 nitrogen and oxygen atoms in total. The SMILES string of the molecule is CC(C)(C=C(C#N)C(=O)N1CCC[C@H](n2nc(-c3ccc(Oc4ccccc4)cc3F)c3c(N)ncnc32)C1)[As](C1CC1)C1COC1. The molecule has 2 saturated heterocycles. The fourth-order valence-electron chi connectivity index (χ4n) is 6.87. The summed E-state index contributed by atoms with van der Waals surface area (Å²) in [6.07, 6.45) is 7.27. The number of likely N-dealkylation sites (tertiary alicyclic amines) is 1. The molecule has 2 aromatic carbocycles. The third kappa shape index (κ3) is 6.24. The number of hydrogen-bond donors (Lipinski definition) is 1. The van der Waals surface area contributed by atoms with E-state index in [0.29, 0.717) is 46.0 Å². The Morgan fingerprint density at radius 1 is 1.13 bits per heavy atom. The Hall–Kier alpha value is -4.26. The zero-order valence-electron chi connectivity index (χ0n) is 26.5. The quantitative estimate of drug-likeness (QED) is 0.120. The number of anilines is 1.